The van der Waals surface area contributed by atoms with Crippen LogP contribution in [0.5, 0.6) is 0 Å². The maximum atomic E-state index is 12.3. The molecule has 0 radical (unpaired) electrons. The van der Waals surface area contributed by atoms with E-state index in [4.69, 9.17) is 0 Å². The standard InChI is InChI=1S/C16H22N2O/c19-16(18-10-4-5-11-18)12-15-14(8-9-17-15)13-6-2-1-3-7-13/h1-3,6-7,14-15,17H,4-5,8-12H2/t14-,15?/m1/s1. The predicted octanol–water partition coefficient (Wildman–Crippen LogP) is 2.14. The van der Waals surface area contributed by atoms with E-state index in [1.165, 1.54) is 18.4 Å². The van der Waals surface area contributed by atoms with Crippen LogP contribution in [0.3, 0.4) is 0 Å². The molecule has 102 valence electrons. The summed E-state index contributed by atoms with van der Waals surface area (Å²) in [6, 6.07) is 10.9. The molecular formula is C16H22N2O. The zero-order valence-electron chi connectivity index (χ0n) is 11.3. The SMILES string of the molecule is O=C(CC1NCC[C@@H]1c1ccccc1)N1CCCC1. The fourth-order valence-electron chi connectivity index (χ4n) is 3.37. The van der Waals surface area contributed by atoms with E-state index in [1.54, 1.807) is 0 Å². The third-order valence-electron chi connectivity index (χ3n) is 4.43. The van der Waals surface area contributed by atoms with E-state index in [1.807, 2.05) is 4.90 Å². The first kappa shape index (κ1) is 12.7. The second-order valence-corrected chi connectivity index (χ2v) is 5.66. The molecule has 3 rings (SSSR count). The summed E-state index contributed by atoms with van der Waals surface area (Å²) in [5.74, 6) is 0.825. The van der Waals surface area contributed by atoms with Gasteiger partial charge in [-0.3, -0.25) is 4.79 Å². The molecule has 0 bridgehead atoms. The van der Waals surface area contributed by atoms with Gasteiger partial charge in [0, 0.05) is 31.5 Å². The number of carbonyl (C=O) groups is 1. The van der Waals surface area contributed by atoms with Gasteiger partial charge in [0.05, 0.1) is 0 Å². The number of hydrogen-bond donors (Lipinski definition) is 1. The molecule has 2 heterocycles. The number of rotatable bonds is 3. The molecule has 2 saturated heterocycles. The number of nitrogens with one attached hydrogen (secondary N) is 1. The maximum absolute atomic E-state index is 12.3. The van der Waals surface area contributed by atoms with Crippen molar-refractivity contribution in [3.05, 3.63) is 35.9 Å². The fourth-order valence-corrected chi connectivity index (χ4v) is 3.37. The van der Waals surface area contributed by atoms with Gasteiger partial charge in [0.2, 0.25) is 5.91 Å². The maximum Gasteiger partial charge on any atom is 0.224 e. The van der Waals surface area contributed by atoms with Gasteiger partial charge in [-0.1, -0.05) is 30.3 Å². The van der Waals surface area contributed by atoms with Crippen molar-refractivity contribution in [2.75, 3.05) is 19.6 Å². The summed E-state index contributed by atoms with van der Waals surface area (Å²) in [6.45, 7) is 2.95. The Labute approximate surface area is 115 Å². The lowest BCUT2D eigenvalue weighted by atomic mass is 9.90. The van der Waals surface area contributed by atoms with Gasteiger partial charge in [-0.25, -0.2) is 0 Å². The monoisotopic (exact) mass is 258 g/mol. The molecule has 2 fully saturated rings. The molecule has 0 spiro atoms. The van der Waals surface area contributed by atoms with E-state index < -0.39 is 0 Å². The highest BCUT2D eigenvalue weighted by Gasteiger charge is 2.31. The van der Waals surface area contributed by atoms with E-state index in [0.29, 0.717) is 24.3 Å². The summed E-state index contributed by atoms with van der Waals surface area (Å²) in [5, 5.41) is 3.51. The topological polar surface area (TPSA) is 32.3 Å². The molecule has 2 atom stereocenters. The van der Waals surface area contributed by atoms with Crippen molar-refractivity contribution in [2.24, 2.45) is 0 Å². The van der Waals surface area contributed by atoms with Crippen LogP contribution in [0.4, 0.5) is 0 Å². The van der Waals surface area contributed by atoms with Crippen LogP contribution in [0, 0.1) is 0 Å². The summed E-state index contributed by atoms with van der Waals surface area (Å²) < 4.78 is 0. The fraction of sp³-hybridized carbons (Fsp3) is 0.562. The van der Waals surface area contributed by atoms with E-state index in [-0.39, 0.29) is 0 Å². The van der Waals surface area contributed by atoms with Crippen molar-refractivity contribution in [3.8, 4) is 0 Å². The summed E-state index contributed by atoms with van der Waals surface area (Å²) in [6.07, 6.45) is 4.14. The lowest BCUT2D eigenvalue weighted by Crippen LogP contribution is -2.36. The summed E-state index contributed by atoms with van der Waals surface area (Å²) in [5.41, 5.74) is 1.37. The minimum Gasteiger partial charge on any atom is -0.343 e. The predicted molar refractivity (Wildman–Crippen MR) is 76.0 cm³/mol. The van der Waals surface area contributed by atoms with Gasteiger partial charge in [-0.15, -0.1) is 0 Å². The number of hydrogen-bond acceptors (Lipinski definition) is 2. The molecule has 2 aliphatic rings. The van der Waals surface area contributed by atoms with Crippen LogP contribution in [0.25, 0.3) is 0 Å². The van der Waals surface area contributed by atoms with Crippen LogP contribution < -0.4 is 5.32 Å². The van der Waals surface area contributed by atoms with Gasteiger partial charge in [0.1, 0.15) is 0 Å². The average Bonchev–Trinajstić information content (AvgIpc) is 3.11. The zero-order valence-corrected chi connectivity index (χ0v) is 11.3. The van der Waals surface area contributed by atoms with Crippen LogP contribution in [0.15, 0.2) is 30.3 Å². The largest absolute Gasteiger partial charge is 0.343 e. The lowest BCUT2D eigenvalue weighted by Gasteiger charge is -2.22. The Balaban J connectivity index is 1.65. The number of carbonyl (C=O) groups excluding carboxylic acids is 1. The number of likely N-dealkylation sites (tertiary alicyclic amines) is 1. The van der Waals surface area contributed by atoms with Crippen LogP contribution in [0.1, 0.15) is 37.2 Å². The van der Waals surface area contributed by atoms with Crippen molar-refractivity contribution >= 4 is 5.91 Å². The molecular weight excluding hydrogens is 236 g/mol. The molecule has 3 nitrogen and oxygen atoms in total. The zero-order chi connectivity index (χ0) is 13.1. The molecule has 0 aliphatic carbocycles. The molecule has 19 heavy (non-hydrogen) atoms. The first-order chi connectivity index (χ1) is 9.34. The van der Waals surface area contributed by atoms with Gasteiger partial charge in [0.15, 0.2) is 0 Å². The number of benzene rings is 1. The van der Waals surface area contributed by atoms with Crippen molar-refractivity contribution in [2.45, 2.75) is 37.6 Å². The molecule has 1 N–H and O–H groups in total. The Bertz CT molecular complexity index is 426. The van der Waals surface area contributed by atoms with Crippen molar-refractivity contribution in [1.82, 2.24) is 10.2 Å². The van der Waals surface area contributed by atoms with Crippen LogP contribution in [-0.4, -0.2) is 36.5 Å². The highest BCUT2D eigenvalue weighted by Crippen LogP contribution is 2.29. The molecule has 1 aromatic rings. The lowest BCUT2D eigenvalue weighted by molar-refractivity contribution is -0.130. The Hall–Kier alpha value is -1.35. The van der Waals surface area contributed by atoms with Crippen molar-refractivity contribution in [3.63, 3.8) is 0 Å². The summed E-state index contributed by atoms with van der Waals surface area (Å²) in [4.78, 5) is 14.3. The highest BCUT2D eigenvalue weighted by atomic mass is 16.2. The third-order valence-corrected chi connectivity index (χ3v) is 4.43. The summed E-state index contributed by atoms with van der Waals surface area (Å²) in [7, 11) is 0. The van der Waals surface area contributed by atoms with Gasteiger partial charge >= 0.3 is 0 Å². The molecule has 0 saturated carbocycles. The number of nitrogens with zero attached hydrogens (tertiary/aromatic N) is 1. The first-order valence-corrected chi connectivity index (χ1v) is 7.41. The Morgan fingerprint density at radius 1 is 1.21 bits per heavy atom. The van der Waals surface area contributed by atoms with E-state index in [0.717, 1.165) is 26.1 Å². The van der Waals surface area contributed by atoms with Gasteiger partial charge in [-0.2, -0.15) is 0 Å². The molecule has 0 aromatic heterocycles. The molecule has 1 unspecified atom stereocenters. The number of amides is 1. The van der Waals surface area contributed by atoms with Crippen LogP contribution >= 0.6 is 0 Å². The summed E-state index contributed by atoms with van der Waals surface area (Å²) >= 11 is 0. The smallest absolute Gasteiger partial charge is 0.224 e. The van der Waals surface area contributed by atoms with E-state index in [2.05, 4.69) is 35.6 Å². The minimum atomic E-state index is 0.315. The molecule has 2 aliphatic heterocycles. The quantitative estimate of drug-likeness (QED) is 0.901. The molecule has 1 amide bonds. The van der Waals surface area contributed by atoms with E-state index in [9.17, 15) is 4.79 Å². The van der Waals surface area contributed by atoms with Crippen molar-refractivity contribution < 1.29 is 4.79 Å². The van der Waals surface area contributed by atoms with Gasteiger partial charge < -0.3 is 10.2 Å². The second kappa shape index (κ2) is 5.74. The second-order valence-electron chi connectivity index (χ2n) is 5.66. The Kier molecular flexibility index (Phi) is 3.83. The van der Waals surface area contributed by atoms with Gasteiger partial charge in [-0.05, 0) is 31.4 Å². The normalized spacial score (nSPS) is 26.8. The molecule has 1 aromatic carbocycles. The molecule has 3 heteroatoms. The highest BCUT2D eigenvalue weighted by molar-refractivity contribution is 5.77. The first-order valence-electron chi connectivity index (χ1n) is 7.41. The van der Waals surface area contributed by atoms with Crippen LogP contribution in [-0.2, 0) is 4.79 Å². The average molecular weight is 258 g/mol. The van der Waals surface area contributed by atoms with E-state index >= 15 is 0 Å². The van der Waals surface area contributed by atoms with Crippen LogP contribution in [0.2, 0.25) is 0 Å². The minimum absolute atomic E-state index is 0.315. The third kappa shape index (κ3) is 2.81. The van der Waals surface area contributed by atoms with Gasteiger partial charge in [0.25, 0.3) is 0 Å². The van der Waals surface area contributed by atoms with Crippen molar-refractivity contribution in [1.29, 1.82) is 0 Å². The Morgan fingerprint density at radius 3 is 2.68 bits per heavy atom. The Morgan fingerprint density at radius 2 is 1.95 bits per heavy atom.